The van der Waals surface area contributed by atoms with Gasteiger partial charge in [-0.15, -0.1) is 0 Å². The van der Waals surface area contributed by atoms with Crippen molar-refractivity contribution in [2.24, 2.45) is 11.7 Å². The summed E-state index contributed by atoms with van der Waals surface area (Å²) in [5.74, 6) is -13.1. The predicted molar refractivity (Wildman–Crippen MR) is 81.9 cm³/mol. The summed E-state index contributed by atoms with van der Waals surface area (Å²) in [7, 11) is -4.52. The fourth-order valence-electron chi connectivity index (χ4n) is 2.89. The summed E-state index contributed by atoms with van der Waals surface area (Å²) in [5.41, 5.74) is 4.84. The first-order chi connectivity index (χ1) is 11.4. The van der Waals surface area contributed by atoms with Gasteiger partial charge in [0.15, 0.2) is 9.84 Å². The molecule has 0 spiro atoms. The number of hydrogen-bond donors (Lipinski definition) is 2. The van der Waals surface area contributed by atoms with Gasteiger partial charge in [0, 0.05) is 28.3 Å². The molecule has 1 aromatic heterocycles. The molecular weight excluding hydrogens is 388 g/mol. The maximum atomic E-state index is 13.5. The lowest BCUT2D eigenvalue weighted by molar-refractivity contribution is -0.308. The Balaban J connectivity index is 2.10. The van der Waals surface area contributed by atoms with E-state index in [0.717, 1.165) is 0 Å². The number of fused-ring (bicyclic) bond motifs is 1. The average molecular weight is 399 g/mol. The van der Waals surface area contributed by atoms with Crippen LogP contribution in [0.3, 0.4) is 0 Å². The maximum absolute atomic E-state index is 13.5. The molecule has 0 bridgehead atoms. The summed E-state index contributed by atoms with van der Waals surface area (Å²) in [6.45, 7) is 0. The van der Waals surface area contributed by atoms with E-state index in [0.29, 0.717) is 0 Å². The number of halogens is 5. The molecule has 1 heterocycles. The number of primary amides is 1. The van der Waals surface area contributed by atoms with Gasteiger partial charge in [0.1, 0.15) is 10.6 Å². The Labute approximate surface area is 144 Å². The number of aromatic nitrogens is 1. The zero-order chi connectivity index (χ0) is 18.8. The molecule has 1 amide bonds. The van der Waals surface area contributed by atoms with Gasteiger partial charge in [-0.05, 0) is 18.2 Å². The van der Waals surface area contributed by atoms with Gasteiger partial charge in [-0.25, -0.2) is 8.42 Å². The van der Waals surface area contributed by atoms with Crippen molar-refractivity contribution in [3.63, 3.8) is 0 Å². The standard InChI is InChI=1S/C14H11ClF4N2O3S/c15-7-1-2-9-8(3-7)11(10(21-9)12(20)22)25(23,24)5-6-4-13(16,17)14(6,18)19/h1-3,6,21H,4-5H2,(H2,20,22). The van der Waals surface area contributed by atoms with E-state index >= 15 is 0 Å². The van der Waals surface area contributed by atoms with Gasteiger partial charge in [0.25, 0.3) is 5.91 Å². The quantitative estimate of drug-likeness (QED) is 0.775. The van der Waals surface area contributed by atoms with E-state index in [9.17, 15) is 30.8 Å². The summed E-state index contributed by atoms with van der Waals surface area (Å²) >= 11 is 5.81. The minimum absolute atomic E-state index is 0.0179. The molecule has 3 N–H and O–H groups in total. The lowest BCUT2D eigenvalue weighted by Crippen LogP contribution is -2.60. The molecule has 1 unspecified atom stereocenters. The normalized spacial score (nSPS) is 21.9. The van der Waals surface area contributed by atoms with Gasteiger partial charge >= 0.3 is 11.8 Å². The van der Waals surface area contributed by atoms with Crippen molar-refractivity contribution in [1.29, 1.82) is 0 Å². The highest BCUT2D eigenvalue weighted by Gasteiger charge is 2.72. The highest BCUT2D eigenvalue weighted by atomic mass is 35.5. The Kier molecular flexibility index (Phi) is 3.84. The number of nitrogens with two attached hydrogens (primary N) is 1. The third-order valence-corrected chi connectivity index (χ3v) is 6.32. The molecule has 11 heteroatoms. The number of rotatable bonds is 4. The molecule has 1 aliphatic carbocycles. The van der Waals surface area contributed by atoms with E-state index in [1.165, 1.54) is 18.2 Å². The van der Waals surface area contributed by atoms with Crippen molar-refractivity contribution in [1.82, 2.24) is 4.98 Å². The summed E-state index contributed by atoms with van der Waals surface area (Å²) < 4.78 is 78.0. The van der Waals surface area contributed by atoms with Crippen LogP contribution in [0.1, 0.15) is 16.9 Å². The van der Waals surface area contributed by atoms with Crippen molar-refractivity contribution in [3.05, 3.63) is 28.9 Å². The molecule has 1 aromatic carbocycles. The van der Waals surface area contributed by atoms with Crippen molar-refractivity contribution < 1.29 is 30.8 Å². The topological polar surface area (TPSA) is 93.0 Å². The minimum atomic E-state index is -4.52. The Morgan fingerprint density at radius 3 is 2.48 bits per heavy atom. The lowest BCUT2D eigenvalue weighted by atomic mass is 9.78. The van der Waals surface area contributed by atoms with Crippen molar-refractivity contribution in [3.8, 4) is 0 Å². The largest absolute Gasteiger partial charge is 0.364 e. The number of aromatic amines is 1. The van der Waals surface area contributed by atoms with Gasteiger partial charge in [-0.2, -0.15) is 17.6 Å². The number of H-pyrrole nitrogens is 1. The molecule has 0 aliphatic heterocycles. The second kappa shape index (κ2) is 5.34. The summed E-state index contributed by atoms with van der Waals surface area (Å²) in [6, 6.07) is 4.03. The first-order valence-corrected chi connectivity index (χ1v) is 8.99. The SMILES string of the molecule is NC(=O)c1[nH]c2ccc(Cl)cc2c1S(=O)(=O)CC1CC(F)(F)C1(F)F. The molecule has 2 aromatic rings. The molecule has 3 rings (SSSR count). The summed E-state index contributed by atoms with van der Waals surface area (Å²) in [4.78, 5) is 13.4. The molecule has 1 fully saturated rings. The molecule has 5 nitrogen and oxygen atoms in total. The zero-order valence-corrected chi connectivity index (χ0v) is 13.9. The van der Waals surface area contributed by atoms with E-state index in [1.54, 1.807) is 0 Å². The average Bonchev–Trinajstić information content (AvgIpc) is 2.85. The van der Waals surface area contributed by atoms with E-state index in [4.69, 9.17) is 17.3 Å². The number of alkyl halides is 4. The second-order valence-corrected chi connectivity index (χ2v) is 8.30. The Hall–Kier alpha value is -1.81. The van der Waals surface area contributed by atoms with E-state index in [2.05, 4.69) is 4.98 Å². The summed E-state index contributed by atoms with van der Waals surface area (Å²) in [6.07, 6.45) is -1.26. The Bertz CT molecular complexity index is 987. The second-order valence-electron chi connectivity index (χ2n) is 5.89. The number of carbonyl (C=O) groups excluding carboxylic acids is 1. The van der Waals surface area contributed by atoms with Crippen LogP contribution >= 0.6 is 11.6 Å². The van der Waals surface area contributed by atoms with Crippen LogP contribution in [0.4, 0.5) is 17.6 Å². The van der Waals surface area contributed by atoms with Crippen LogP contribution < -0.4 is 5.73 Å². The Morgan fingerprint density at radius 2 is 1.96 bits per heavy atom. The van der Waals surface area contributed by atoms with Crippen molar-refractivity contribution in [2.45, 2.75) is 23.2 Å². The third-order valence-electron chi connectivity index (χ3n) is 4.19. The molecule has 1 aliphatic rings. The molecule has 1 saturated carbocycles. The van der Waals surface area contributed by atoms with Crippen molar-refractivity contribution in [2.75, 3.05) is 5.75 Å². The highest BCUT2D eigenvalue weighted by molar-refractivity contribution is 7.91. The van der Waals surface area contributed by atoms with Crippen LogP contribution in [-0.4, -0.2) is 36.9 Å². The predicted octanol–water partition coefficient (Wildman–Crippen LogP) is 2.98. The van der Waals surface area contributed by atoms with Crippen LogP contribution in [0.25, 0.3) is 10.9 Å². The zero-order valence-electron chi connectivity index (χ0n) is 12.3. The van der Waals surface area contributed by atoms with E-state index in [1.807, 2.05) is 0 Å². The van der Waals surface area contributed by atoms with Gasteiger partial charge in [0.2, 0.25) is 0 Å². The number of nitrogens with one attached hydrogen (secondary N) is 1. The van der Waals surface area contributed by atoms with Crippen LogP contribution in [0.15, 0.2) is 23.1 Å². The number of carbonyl (C=O) groups is 1. The number of sulfone groups is 1. The molecule has 25 heavy (non-hydrogen) atoms. The molecule has 1 atom stereocenters. The van der Waals surface area contributed by atoms with Crippen LogP contribution in [-0.2, 0) is 9.84 Å². The lowest BCUT2D eigenvalue weighted by Gasteiger charge is -2.43. The number of hydrogen-bond acceptors (Lipinski definition) is 3. The first-order valence-electron chi connectivity index (χ1n) is 6.96. The fourth-order valence-corrected chi connectivity index (χ4v) is 5.05. The monoisotopic (exact) mass is 398 g/mol. The smallest absolute Gasteiger partial charge is 0.314 e. The maximum Gasteiger partial charge on any atom is 0.314 e. The minimum Gasteiger partial charge on any atom is -0.364 e. The Morgan fingerprint density at radius 1 is 1.32 bits per heavy atom. The highest BCUT2D eigenvalue weighted by Crippen LogP contribution is 2.56. The fraction of sp³-hybridized carbons (Fsp3) is 0.357. The van der Waals surface area contributed by atoms with Crippen LogP contribution in [0.5, 0.6) is 0 Å². The van der Waals surface area contributed by atoms with Gasteiger partial charge in [-0.3, -0.25) is 4.79 Å². The number of amides is 1. The van der Waals surface area contributed by atoms with E-state index in [-0.39, 0.29) is 15.9 Å². The molecule has 0 radical (unpaired) electrons. The summed E-state index contributed by atoms with van der Waals surface area (Å²) in [5, 5.41) is 0.121. The van der Waals surface area contributed by atoms with Crippen molar-refractivity contribution >= 4 is 38.2 Å². The molecule has 0 saturated heterocycles. The third kappa shape index (κ3) is 2.67. The van der Waals surface area contributed by atoms with E-state index < -0.39 is 56.3 Å². The van der Waals surface area contributed by atoms with Crippen LogP contribution in [0.2, 0.25) is 5.02 Å². The number of benzene rings is 1. The first kappa shape index (κ1) is 18.0. The van der Waals surface area contributed by atoms with Gasteiger partial charge < -0.3 is 10.7 Å². The van der Waals surface area contributed by atoms with Gasteiger partial charge in [-0.1, -0.05) is 11.6 Å². The molecular formula is C14H11ClF4N2O3S. The van der Waals surface area contributed by atoms with Gasteiger partial charge in [0.05, 0.1) is 5.75 Å². The molecule has 136 valence electrons. The van der Waals surface area contributed by atoms with Crippen LogP contribution in [0, 0.1) is 5.92 Å².